The molecule has 0 fully saturated rings. The predicted molar refractivity (Wildman–Crippen MR) is 93.6 cm³/mol. The molecule has 0 aliphatic carbocycles. The van der Waals surface area contributed by atoms with E-state index >= 15 is 0 Å². The van der Waals surface area contributed by atoms with Gasteiger partial charge in [0.1, 0.15) is 0 Å². The van der Waals surface area contributed by atoms with Crippen LogP contribution in [0.4, 0.5) is 21.9 Å². The monoisotopic (exact) mass is 309 g/mol. The second-order valence-corrected chi connectivity index (χ2v) is 5.20. The molecule has 0 aromatic heterocycles. The van der Waals surface area contributed by atoms with Gasteiger partial charge < -0.3 is 16.0 Å². The number of carbonyl (C=O) groups is 2. The second kappa shape index (κ2) is 7.79. The maximum atomic E-state index is 12.1. The molecule has 3 amide bonds. The Balaban J connectivity index is 2.06. The van der Waals surface area contributed by atoms with Crippen LogP contribution in [0.5, 0.6) is 0 Å². The van der Waals surface area contributed by atoms with E-state index in [9.17, 15) is 9.59 Å². The van der Waals surface area contributed by atoms with E-state index in [1.165, 1.54) is 6.08 Å². The van der Waals surface area contributed by atoms with Gasteiger partial charge in [-0.15, -0.1) is 0 Å². The Morgan fingerprint density at radius 2 is 1.35 bits per heavy atom. The number of hydrogen-bond acceptors (Lipinski definition) is 2. The third-order valence-corrected chi connectivity index (χ3v) is 2.88. The van der Waals surface area contributed by atoms with Crippen LogP contribution in [0.15, 0.2) is 66.2 Å². The standard InChI is InChI=1S/C18H19N3O2/c1-13(2)12-17(22)20-15-10-6-7-11-16(15)21-18(23)19-14-8-4-3-5-9-14/h3-12H,1-2H3,(H,20,22)(H2,19,21,23). The Labute approximate surface area is 135 Å². The van der Waals surface area contributed by atoms with Crippen LogP contribution in [-0.2, 0) is 4.79 Å². The van der Waals surface area contributed by atoms with Crippen molar-refractivity contribution in [3.8, 4) is 0 Å². The molecule has 3 N–H and O–H groups in total. The molecule has 0 radical (unpaired) electrons. The molecule has 0 aliphatic rings. The lowest BCUT2D eigenvalue weighted by Crippen LogP contribution is -2.20. The minimum absolute atomic E-state index is 0.234. The van der Waals surface area contributed by atoms with E-state index in [0.29, 0.717) is 17.1 Å². The SMILES string of the molecule is CC(C)=CC(=O)Nc1ccccc1NC(=O)Nc1ccccc1. The molecular formula is C18H19N3O2. The number of amides is 3. The molecule has 2 rings (SSSR count). The summed E-state index contributed by atoms with van der Waals surface area (Å²) in [5.74, 6) is -0.234. The summed E-state index contributed by atoms with van der Waals surface area (Å²) in [5, 5.41) is 8.21. The number of anilines is 3. The molecule has 0 spiro atoms. The summed E-state index contributed by atoms with van der Waals surface area (Å²) in [4.78, 5) is 23.9. The smallest absolute Gasteiger partial charge is 0.321 e. The molecule has 2 aromatic rings. The number of para-hydroxylation sites is 3. The molecule has 2 aromatic carbocycles. The highest BCUT2D eigenvalue weighted by Gasteiger charge is 2.08. The van der Waals surface area contributed by atoms with Crippen molar-refractivity contribution in [1.29, 1.82) is 0 Å². The van der Waals surface area contributed by atoms with E-state index in [1.807, 2.05) is 32.0 Å². The highest BCUT2D eigenvalue weighted by Crippen LogP contribution is 2.21. The topological polar surface area (TPSA) is 70.2 Å². The van der Waals surface area contributed by atoms with Crippen LogP contribution >= 0.6 is 0 Å². The Kier molecular flexibility index (Phi) is 5.52. The molecule has 118 valence electrons. The summed E-state index contributed by atoms with van der Waals surface area (Å²) in [6.07, 6.45) is 1.50. The number of allylic oxidation sites excluding steroid dienone is 1. The summed E-state index contributed by atoms with van der Waals surface area (Å²) < 4.78 is 0. The van der Waals surface area contributed by atoms with Crippen LogP contribution in [0.2, 0.25) is 0 Å². The molecule has 0 saturated heterocycles. The zero-order valence-electron chi connectivity index (χ0n) is 13.1. The lowest BCUT2D eigenvalue weighted by Gasteiger charge is -2.12. The Morgan fingerprint density at radius 3 is 1.96 bits per heavy atom. The Bertz CT molecular complexity index is 720. The van der Waals surface area contributed by atoms with Crippen molar-refractivity contribution in [2.75, 3.05) is 16.0 Å². The number of benzene rings is 2. The minimum atomic E-state index is -0.375. The third-order valence-electron chi connectivity index (χ3n) is 2.88. The zero-order valence-corrected chi connectivity index (χ0v) is 13.1. The fourth-order valence-corrected chi connectivity index (χ4v) is 1.94. The fourth-order valence-electron chi connectivity index (χ4n) is 1.94. The summed E-state index contributed by atoms with van der Waals surface area (Å²) in [6, 6.07) is 15.8. The highest BCUT2D eigenvalue weighted by molar-refractivity contribution is 6.06. The Morgan fingerprint density at radius 1 is 0.783 bits per heavy atom. The molecular weight excluding hydrogens is 290 g/mol. The zero-order chi connectivity index (χ0) is 16.7. The lowest BCUT2D eigenvalue weighted by molar-refractivity contribution is -0.111. The van der Waals surface area contributed by atoms with Gasteiger partial charge in [0.05, 0.1) is 11.4 Å². The number of carbonyl (C=O) groups excluding carboxylic acids is 2. The average Bonchev–Trinajstić information content (AvgIpc) is 2.49. The van der Waals surface area contributed by atoms with Crippen LogP contribution in [0.3, 0.4) is 0 Å². The van der Waals surface area contributed by atoms with Gasteiger partial charge >= 0.3 is 6.03 Å². The van der Waals surface area contributed by atoms with Crippen molar-refractivity contribution in [1.82, 2.24) is 0 Å². The van der Waals surface area contributed by atoms with Crippen molar-refractivity contribution in [2.24, 2.45) is 0 Å². The first kappa shape index (κ1) is 16.3. The summed E-state index contributed by atoms with van der Waals surface area (Å²) in [5.41, 5.74) is 2.65. The Hall–Kier alpha value is -3.08. The van der Waals surface area contributed by atoms with Crippen molar-refractivity contribution in [3.05, 3.63) is 66.2 Å². The number of urea groups is 1. The summed E-state index contributed by atoms with van der Waals surface area (Å²) >= 11 is 0. The molecule has 5 nitrogen and oxygen atoms in total. The van der Waals surface area contributed by atoms with Crippen LogP contribution in [0, 0.1) is 0 Å². The molecule has 23 heavy (non-hydrogen) atoms. The third kappa shape index (κ3) is 5.32. The van der Waals surface area contributed by atoms with Gasteiger partial charge in [-0.05, 0) is 38.1 Å². The quantitative estimate of drug-likeness (QED) is 0.739. The normalized spacial score (nSPS) is 9.65. The van der Waals surface area contributed by atoms with Crippen LogP contribution < -0.4 is 16.0 Å². The van der Waals surface area contributed by atoms with Gasteiger partial charge in [0, 0.05) is 11.8 Å². The maximum absolute atomic E-state index is 12.1. The van der Waals surface area contributed by atoms with Gasteiger partial charge in [-0.3, -0.25) is 4.79 Å². The summed E-state index contributed by atoms with van der Waals surface area (Å²) in [6.45, 7) is 3.69. The van der Waals surface area contributed by atoms with Crippen LogP contribution in [0.25, 0.3) is 0 Å². The first-order valence-corrected chi connectivity index (χ1v) is 7.22. The first-order chi connectivity index (χ1) is 11.0. The van der Waals surface area contributed by atoms with E-state index in [0.717, 1.165) is 5.57 Å². The van der Waals surface area contributed by atoms with Gasteiger partial charge in [-0.2, -0.15) is 0 Å². The molecule has 0 bridgehead atoms. The minimum Gasteiger partial charge on any atom is -0.321 e. The van der Waals surface area contributed by atoms with Crippen LogP contribution in [0.1, 0.15) is 13.8 Å². The second-order valence-electron chi connectivity index (χ2n) is 5.20. The van der Waals surface area contributed by atoms with E-state index in [2.05, 4.69) is 16.0 Å². The summed E-state index contributed by atoms with van der Waals surface area (Å²) in [7, 11) is 0. The molecule has 0 saturated carbocycles. The van der Waals surface area contributed by atoms with E-state index in [-0.39, 0.29) is 11.9 Å². The van der Waals surface area contributed by atoms with Gasteiger partial charge in [0.2, 0.25) is 5.91 Å². The highest BCUT2D eigenvalue weighted by atomic mass is 16.2. The fraction of sp³-hybridized carbons (Fsp3) is 0.111. The lowest BCUT2D eigenvalue weighted by atomic mass is 10.2. The van der Waals surface area contributed by atoms with Gasteiger partial charge in [0.25, 0.3) is 0 Å². The molecule has 5 heteroatoms. The number of hydrogen-bond donors (Lipinski definition) is 3. The van der Waals surface area contributed by atoms with E-state index in [1.54, 1.807) is 36.4 Å². The average molecular weight is 309 g/mol. The van der Waals surface area contributed by atoms with Crippen molar-refractivity contribution in [3.63, 3.8) is 0 Å². The number of nitrogens with one attached hydrogen (secondary N) is 3. The molecule has 0 aliphatic heterocycles. The van der Waals surface area contributed by atoms with Gasteiger partial charge in [-0.1, -0.05) is 35.9 Å². The van der Waals surface area contributed by atoms with Crippen molar-refractivity contribution < 1.29 is 9.59 Å². The van der Waals surface area contributed by atoms with E-state index < -0.39 is 0 Å². The predicted octanol–water partition coefficient (Wildman–Crippen LogP) is 4.24. The maximum Gasteiger partial charge on any atom is 0.323 e. The van der Waals surface area contributed by atoms with E-state index in [4.69, 9.17) is 0 Å². The molecule has 0 unspecified atom stereocenters. The molecule has 0 atom stereocenters. The van der Waals surface area contributed by atoms with Crippen molar-refractivity contribution >= 4 is 29.0 Å². The number of rotatable bonds is 4. The van der Waals surface area contributed by atoms with Crippen molar-refractivity contribution in [2.45, 2.75) is 13.8 Å². The van der Waals surface area contributed by atoms with Gasteiger partial charge in [0.15, 0.2) is 0 Å². The van der Waals surface area contributed by atoms with Gasteiger partial charge in [-0.25, -0.2) is 4.79 Å². The van der Waals surface area contributed by atoms with Crippen LogP contribution in [-0.4, -0.2) is 11.9 Å². The molecule has 0 heterocycles. The first-order valence-electron chi connectivity index (χ1n) is 7.22. The largest absolute Gasteiger partial charge is 0.323 e.